The summed E-state index contributed by atoms with van der Waals surface area (Å²) < 4.78 is 19.0. The summed E-state index contributed by atoms with van der Waals surface area (Å²) in [6, 6.07) is 12.3. The van der Waals surface area contributed by atoms with E-state index in [2.05, 4.69) is 10.5 Å². The second-order valence-corrected chi connectivity index (χ2v) is 6.87. The van der Waals surface area contributed by atoms with Crippen LogP contribution in [0.5, 0.6) is 0 Å². The van der Waals surface area contributed by atoms with Gasteiger partial charge in [0.1, 0.15) is 12.4 Å². The second-order valence-electron chi connectivity index (χ2n) is 6.87. The number of carbonyl (C=O) groups excluding carboxylic acids is 1. The van der Waals surface area contributed by atoms with Crippen molar-refractivity contribution in [1.82, 2.24) is 5.32 Å². The average molecular weight is 400 g/mol. The summed E-state index contributed by atoms with van der Waals surface area (Å²) in [5.41, 5.74) is 3.71. The number of ether oxygens (including phenoxy) is 1. The van der Waals surface area contributed by atoms with Gasteiger partial charge >= 0.3 is 0 Å². The smallest absolute Gasteiger partial charge is 0.227 e. The molecular weight excluding hydrogens is 371 g/mol. The molecule has 0 aromatic heterocycles. The van der Waals surface area contributed by atoms with Crippen LogP contribution in [0.2, 0.25) is 0 Å². The van der Waals surface area contributed by atoms with Crippen LogP contribution in [0.3, 0.4) is 0 Å². The van der Waals surface area contributed by atoms with Gasteiger partial charge < -0.3 is 14.9 Å². The maximum atomic E-state index is 13.9. The van der Waals surface area contributed by atoms with E-state index in [1.165, 1.54) is 6.07 Å². The molecule has 5 nitrogen and oxygen atoms in total. The first kappa shape index (κ1) is 22.6. The number of halogens is 1. The number of aryl methyl sites for hydroxylation is 1. The van der Waals surface area contributed by atoms with Crippen molar-refractivity contribution in [2.75, 3.05) is 20.8 Å². The number of likely N-dealkylation sites (N-methyl/N-ethyl adjacent to an activating group) is 1. The second kappa shape index (κ2) is 11.3. The van der Waals surface area contributed by atoms with Gasteiger partial charge in [-0.1, -0.05) is 41.6 Å². The third-order valence-corrected chi connectivity index (χ3v) is 4.90. The Morgan fingerprint density at radius 2 is 1.97 bits per heavy atom. The highest BCUT2D eigenvalue weighted by atomic mass is 19.1. The number of oxime groups is 1. The lowest BCUT2D eigenvalue weighted by atomic mass is 9.88. The van der Waals surface area contributed by atoms with Gasteiger partial charge in [-0.3, -0.25) is 4.79 Å². The van der Waals surface area contributed by atoms with Gasteiger partial charge in [0.25, 0.3) is 0 Å². The van der Waals surface area contributed by atoms with Crippen LogP contribution in [0.25, 0.3) is 0 Å². The summed E-state index contributed by atoms with van der Waals surface area (Å²) in [4.78, 5) is 18.1. The fraction of sp³-hybridized carbons (Fsp3) is 0.391. The van der Waals surface area contributed by atoms with E-state index in [1.807, 2.05) is 25.1 Å². The average Bonchev–Trinajstić information content (AvgIpc) is 2.72. The van der Waals surface area contributed by atoms with Crippen LogP contribution in [0, 0.1) is 12.7 Å². The molecule has 1 N–H and O–H groups in total. The van der Waals surface area contributed by atoms with E-state index in [0.29, 0.717) is 24.3 Å². The molecule has 6 heteroatoms. The summed E-state index contributed by atoms with van der Waals surface area (Å²) in [6.45, 7) is 4.48. The quantitative estimate of drug-likeness (QED) is 0.367. The Balaban J connectivity index is 2.23. The largest absolute Gasteiger partial charge is 0.391 e. The molecule has 0 radical (unpaired) electrons. The van der Waals surface area contributed by atoms with Gasteiger partial charge in [0.05, 0.1) is 11.6 Å². The van der Waals surface area contributed by atoms with Crippen molar-refractivity contribution >= 4 is 11.6 Å². The number of nitrogens with zero attached hydrogens (tertiary/aromatic N) is 1. The van der Waals surface area contributed by atoms with Crippen molar-refractivity contribution in [2.24, 2.45) is 5.16 Å². The summed E-state index contributed by atoms with van der Waals surface area (Å²) in [7, 11) is 3.29. The summed E-state index contributed by atoms with van der Waals surface area (Å²) in [5, 5.41) is 6.84. The molecule has 0 heterocycles. The summed E-state index contributed by atoms with van der Waals surface area (Å²) in [5.74, 6) is -0.684. The summed E-state index contributed by atoms with van der Waals surface area (Å²) in [6.07, 6.45) is 1.44. The number of nitrogens with one attached hydrogen (secondary N) is 1. The predicted octanol–water partition coefficient (Wildman–Crippen LogP) is 4.33. The minimum Gasteiger partial charge on any atom is -0.391 e. The Morgan fingerprint density at radius 3 is 2.66 bits per heavy atom. The molecule has 0 saturated carbocycles. The van der Waals surface area contributed by atoms with Gasteiger partial charge in [0, 0.05) is 26.3 Å². The molecule has 0 aliphatic rings. The molecule has 0 bridgehead atoms. The molecule has 2 aromatic carbocycles. The van der Waals surface area contributed by atoms with Gasteiger partial charge in [-0.15, -0.1) is 0 Å². The van der Waals surface area contributed by atoms with Crippen molar-refractivity contribution < 1.29 is 18.8 Å². The lowest BCUT2D eigenvalue weighted by Crippen LogP contribution is -2.27. The van der Waals surface area contributed by atoms with Gasteiger partial charge in [-0.2, -0.15) is 0 Å². The van der Waals surface area contributed by atoms with Crippen molar-refractivity contribution in [3.05, 3.63) is 70.5 Å². The molecule has 0 fully saturated rings. The Morgan fingerprint density at radius 1 is 1.21 bits per heavy atom. The first-order valence-corrected chi connectivity index (χ1v) is 9.70. The van der Waals surface area contributed by atoms with Crippen LogP contribution < -0.4 is 5.32 Å². The number of carbonyl (C=O) groups is 1. The molecule has 0 saturated heterocycles. The molecular formula is C23H29FN2O3. The Kier molecular flexibility index (Phi) is 8.80. The van der Waals surface area contributed by atoms with Crippen molar-refractivity contribution in [2.45, 2.75) is 39.2 Å². The van der Waals surface area contributed by atoms with Crippen molar-refractivity contribution in [3.8, 4) is 0 Å². The number of hydrogen-bond acceptors (Lipinski definition) is 4. The minimum absolute atomic E-state index is 0.0426. The van der Waals surface area contributed by atoms with E-state index in [4.69, 9.17) is 9.57 Å². The maximum absolute atomic E-state index is 13.9. The van der Waals surface area contributed by atoms with Crippen molar-refractivity contribution in [1.29, 1.82) is 0 Å². The van der Waals surface area contributed by atoms with Crippen LogP contribution in [-0.2, 0) is 21.0 Å². The van der Waals surface area contributed by atoms with Crippen LogP contribution in [-0.4, -0.2) is 32.4 Å². The van der Waals surface area contributed by atoms with Crippen LogP contribution in [0.4, 0.5) is 4.39 Å². The third-order valence-electron chi connectivity index (χ3n) is 4.90. The monoisotopic (exact) mass is 400 g/mol. The first-order valence-electron chi connectivity index (χ1n) is 9.70. The predicted molar refractivity (Wildman–Crippen MR) is 112 cm³/mol. The number of rotatable bonds is 10. The zero-order chi connectivity index (χ0) is 21.2. The van der Waals surface area contributed by atoms with E-state index in [9.17, 15) is 9.18 Å². The lowest BCUT2D eigenvalue weighted by Gasteiger charge is -2.20. The molecule has 1 amide bonds. The van der Waals surface area contributed by atoms with Gasteiger partial charge in [0.15, 0.2) is 0 Å². The van der Waals surface area contributed by atoms with Gasteiger partial charge in [-0.25, -0.2) is 4.39 Å². The third kappa shape index (κ3) is 6.12. The van der Waals surface area contributed by atoms with Gasteiger partial charge in [0.2, 0.25) is 5.91 Å². The van der Waals surface area contributed by atoms with E-state index >= 15 is 0 Å². The Hall–Kier alpha value is -2.73. The van der Waals surface area contributed by atoms with E-state index in [0.717, 1.165) is 23.1 Å². The first-order chi connectivity index (χ1) is 14.0. The molecule has 0 aliphatic carbocycles. The zero-order valence-electron chi connectivity index (χ0n) is 17.5. The SMILES string of the molecule is CNC(=O)C(CCCOC)c1cccc(C)c1CO/N=C(\C)c1ccccc1F. The standard InChI is InChI=1S/C23H29FN2O3/c1-16-9-7-11-19(20(23(27)25-3)12-8-14-28-4)21(16)15-29-26-17(2)18-10-5-6-13-22(18)24/h5-7,9-11,13,20H,8,12,14-15H2,1-4H3,(H,25,27)/b26-17+. The fourth-order valence-corrected chi connectivity index (χ4v) is 3.28. The highest BCUT2D eigenvalue weighted by Crippen LogP contribution is 2.28. The highest BCUT2D eigenvalue weighted by molar-refractivity contribution is 5.98. The number of methoxy groups -OCH3 is 1. The number of hydrogen-bond donors (Lipinski definition) is 1. The number of benzene rings is 2. The normalized spacial score (nSPS) is 12.5. The molecule has 156 valence electrons. The molecule has 1 unspecified atom stereocenters. The van der Waals surface area contributed by atoms with Crippen molar-refractivity contribution in [3.63, 3.8) is 0 Å². The highest BCUT2D eigenvalue weighted by Gasteiger charge is 2.23. The van der Waals surface area contributed by atoms with E-state index < -0.39 is 0 Å². The van der Waals surface area contributed by atoms with E-state index in [-0.39, 0.29) is 24.2 Å². The van der Waals surface area contributed by atoms with Crippen LogP contribution in [0.15, 0.2) is 47.6 Å². The molecule has 0 aliphatic heterocycles. The zero-order valence-corrected chi connectivity index (χ0v) is 17.5. The fourth-order valence-electron chi connectivity index (χ4n) is 3.28. The number of amides is 1. The Bertz CT molecular complexity index is 852. The van der Waals surface area contributed by atoms with Crippen LogP contribution >= 0.6 is 0 Å². The lowest BCUT2D eigenvalue weighted by molar-refractivity contribution is -0.122. The molecule has 2 aromatic rings. The minimum atomic E-state index is -0.341. The van der Waals surface area contributed by atoms with Crippen LogP contribution in [0.1, 0.15) is 47.9 Å². The molecule has 1 atom stereocenters. The molecule has 2 rings (SSSR count). The maximum Gasteiger partial charge on any atom is 0.227 e. The Labute approximate surface area is 171 Å². The van der Waals surface area contributed by atoms with E-state index in [1.54, 1.807) is 39.3 Å². The summed E-state index contributed by atoms with van der Waals surface area (Å²) >= 11 is 0. The molecule has 0 spiro atoms. The van der Waals surface area contributed by atoms with Gasteiger partial charge in [-0.05, 0) is 49.4 Å². The topological polar surface area (TPSA) is 59.9 Å². The molecule has 29 heavy (non-hydrogen) atoms.